The van der Waals surface area contributed by atoms with Crippen LogP contribution in [0.1, 0.15) is 32.1 Å². The highest BCUT2D eigenvalue weighted by Crippen LogP contribution is 2.40. The molecule has 1 fully saturated rings. The molecule has 2 aliphatic rings. The van der Waals surface area contributed by atoms with E-state index >= 15 is 0 Å². The molecule has 5 rings (SSSR count). The highest BCUT2D eigenvalue weighted by atomic mass is 16.5. The van der Waals surface area contributed by atoms with Gasteiger partial charge in [-0.3, -0.25) is 4.90 Å². The van der Waals surface area contributed by atoms with Gasteiger partial charge in [-0.2, -0.15) is 4.99 Å². The predicted molar refractivity (Wildman–Crippen MR) is 124 cm³/mol. The SMILES string of the molecule is COc1ccc(-c2nc3cc(N4C(N)=NC(N)=NC45CCCCC5)ccc3o2)cc1OC. The topological polar surface area (TPSA) is 124 Å². The van der Waals surface area contributed by atoms with Crippen molar-refractivity contribution in [3.05, 3.63) is 36.4 Å². The molecule has 0 atom stereocenters. The molecule has 9 nitrogen and oxygen atoms in total. The maximum atomic E-state index is 6.35. The monoisotopic (exact) mass is 434 g/mol. The molecule has 0 radical (unpaired) electrons. The molecular weight excluding hydrogens is 408 g/mol. The molecule has 4 N–H and O–H groups in total. The van der Waals surface area contributed by atoms with Gasteiger partial charge in [0.1, 0.15) is 11.2 Å². The number of fused-ring (bicyclic) bond motifs is 1. The Morgan fingerprint density at radius 2 is 1.75 bits per heavy atom. The van der Waals surface area contributed by atoms with Crippen LogP contribution in [0.25, 0.3) is 22.6 Å². The molecule has 0 bridgehead atoms. The van der Waals surface area contributed by atoms with E-state index in [2.05, 4.69) is 4.99 Å². The van der Waals surface area contributed by atoms with Crippen molar-refractivity contribution in [3.63, 3.8) is 0 Å². The summed E-state index contributed by atoms with van der Waals surface area (Å²) in [5.41, 5.74) is 14.9. The second kappa shape index (κ2) is 7.74. The average Bonchev–Trinajstić information content (AvgIpc) is 3.22. The summed E-state index contributed by atoms with van der Waals surface area (Å²) in [5, 5.41) is 0. The molecule has 1 aromatic heterocycles. The Kier molecular flexibility index (Phi) is 4.88. The largest absolute Gasteiger partial charge is 0.493 e. The summed E-state index contributed by atoms with van der Waals surface area (Å²) < 4.78 is 16.7. The number of aromatic nitrogens is 1. The van der Waals surface area contributed by atoms with E-state index in [-0.39, 0.29) is 5.96 Å². The van der Waals surface area contributed by atoms with Gasteiger partial charge in [0.2, 0.25) is 17.8 Å². The maximum Gasteiger partial charge on any atom is 0.227 e. The molecule has 0 unspecified atom stereocenters. The minimum Gasteiger partial charge on any atom is -0.493 e. The lowest BCUT2D eigenvalue weighted by molar-refractivity contribution is 0.305. The van der Waals surface area contributed by atoms with Gasteiger partial charge in [0.05, 0.1) is 14.2 Å². The summed E-state index contributed by atoms with van der Waals surface area (Å²) in [7, 11) is 3.20. The Balaban J connectivity index is 1.55. The van der Waals surface area contributed by atoms with Crippen LogP contribution in [-0.2, 0) is 0 Å². The van der Waals surface area contributed by atoms with E-state index in [0.29, 0.717) is 34.4 Å². The number of methoxy groups -OCH3 is 2. The third-order valence-electron chi connectivity index (χ3n) is 6.11. The fourth-order valence-corrected chi connectivity index (χ4v) is 4.64. The number of nitrogens with two attached hydrogens (primary N) is 2. The van der Waals surface area contributed by atoms with Crippen molar-refractivity contribution in [3.8, 4) is 23.0 Å². The van der Waals surface area contributed by atoms with Crippen LogP contribution in [0.5, 0.6) is 11.5 Å². The molecule has 9 heteroatoms. The second-order valence-corrected chi connectivity index (χ2v) is 8.06. The number of ether oxygens (including phenoxy) is 2. The lowest BCUT2D eigenvalue weighted by Gasteiger charge is -2.45. The van der Waals surface area contributed by atoms with E-state index in [1.165, 1.54) is 6.42 Å². The van der Waals surface area contributed by atoms with Crippen molar-refractivity contribution in [1.29, 1.82) is 0 Å². The number of guanidine groups is 2. The zero-order valence-electron chi connectivity index (χ0n) is 18.2. The van der Waals surface area contributed by atoms with Gasteiger partial charge < -0.3 is 25.4 Å². The average molecular weight is 435 g/mol. The maximum absolute atomic E-state index is 6.35. The molecule has 0 saturated heterocycles. The highest BCUT2D eigenvalue weighted by molar-refractivity contribution is 6.06. The number of hydrogen-bond donors (Lipinski definition) is 2. The van der Waals surface area contributed by atoms with E-state index in [1.54, 1.807) is 14.2 Å². The molecule has 0 amide bonds. The summed E-state index contributed by atoms with van der Waals surface area (Å²) in [6.45, 7) is 0. The van der Waals surface area contributed by atoms with Crippen molar-refractivity contribution in [2.24, 2.45) is 21.5 Å². The molecule has 166 valence electrons. The smallest absolute Gasteiger partial charge is 0.227 e. The van der Waals surface area contributed by atoms with Crippen LogP contribution in [0.4, 0.5) is 5.69 Å². The van der Waals surface area contributed by atoms with Gasteiger partial charge in [-0.25, -0.2) is 9.98 Å². The molecule has 1 aliphatic heterocycles. The molecule has 3 aromatic rings. The van der Waals surface area contributed by atoms with Crippen molar-refractivity contribution < 1.29 is 13.9 Å². The van der Waals surface area contributed by atoms with Gasteiger partial charge in [0.25, 0.3) is 0 Å². The van der Waals surface area contributed by atoms with Gasteiger partial charge in [0, 0.05) is 11.3 Å². The number of benzene rings is 2. The van der Waals surface area contributed by atoms with E-state index in [9.17, 15) is 0 Å². The Bertz CT molecular complexity index is 1230. The first-order valence-electron chi connectivity index (χ1n) is 10.7. The molecular formula is C23H26N6O3. The molecule has 1 aliphatic carbocycles. The zero-order valence-corrected chi connectivity index (χ0v) is 18.2. The van der Waals surface area contributed by atoms with Gasteiger partial charge >= 0.3 is 0 Å². The minimum absolute atomic E-state index is 0.235. The standard InChI is InChI=1S/C23H26N6O3/c1-30-18-8-6-14(12-19(18)31-2)20-26-16-13-15(7-9-17(16)32-20)29-22(25)27-21(24)28-23(29)10-4-3-5-11-23/h6-9,12-13H,3-5,10-11H2,1-2H3,(H4,24,25,27,28). The Morgan fingerprint density at radius 3 is 2.50 bits per heavy atom. The van der Waals surface area contributed by atoms with E-state index in [4.69, 9.17) is 35.3 Å². The molecule has 2 aromatic carbocycles. The summed E-state index contributed by atoms with van der Waals surface area (Å²) in [6.07, 6.45) is 5.06. The second-order valence-electron chi connectivity index (χ2n) is 8.06. The third-order valence-corrected chi connectivity index (χ3v) is 6.11. The van der Waals surface area contributed by atoms with E-state index in [0.717, 1.165) is 36.9 Å². The molecule has 1 spiro atoms. The van der Waals surface area contributed by atoms with Crippen molar-refractivity contribution in [2.75, 3.05) is 19.1 Å². The summed E-state index contributed by atoms with van der Waals surface area (Å²) in [5.74, 6) is 2.33. The van der Waals surface area contributed by atoms with Crippen LogP contribution >= 0.6 is 0 Å². The Labute approximate surface area is 185 Å². The molecule has 32 heavy (non-hydrogen) atoms. The first-order valence-corrected chi connectivity index (χ1v) is 10.7. The van der Waals surface area contributed by atoms with Gasteiger partial charge in [0.15, 0.2) is 17.1 Å². The van der Waals surface area contributed by atoms with Crippen molar-refractivity contribution in [1.82, 2.24) is 4.98 Å². The summed E-state index contributed by atoms with van der Waals surface area (Å²) >= 11 is 0. The Morgan fingerprint density at radius 1 is 0.969 bits per heavy atom. The van der Waals surface area contributed by atoms with Crippen LogP contribution in [0.2, 0.25) is 0 Å². The predicted octanol–water partition coefficient (Wildman–Crippen LogP) is 3.62. The lowest BCUT2D eigenvalue weighted by atomic mass is 9.87. The summed E-state index contributed by atoms with van der Waals surface area (Å²) in [6, 6.07) is 11.4. The first kappa shape index (κ1) is 20.2. The van der Waals surface area contributed by atoms with E-state index < -0.39 is 5.66 Å². The number of oxazole rings is 1. The quantitative estimate of drug-likeness (QED) is 0.642. The van der Waals surface area contributed by atoms with Crippen molar-refractivity contribution >= 4 is 28.7 Å². The third kappa shape index (κ3) is 3.30. The normalized spacial score (nSPS) is 17.9. The number of anilines is 1. The lowest BCUT2D eigenvalue weighted by Crippen LogP contribution is -2.58. The molecule has 2 heterocycles. The number of rotatable bonds is 4. The number of aliphatic imine (C=N–C) groups is 2. The highest BCUT2D eigenvalue weighted by Gasteiger charge is 2.42. The minimum atomic E-state index is -0.502. The van der Waals surface area contributed by atoms with Crippen LogP contribution < -0.4 is 25.8 Å². The Hall–Kier alpha value is -3.75. The number of hydrogen-bond acceptors (Lipinski definition) is 9. The fraction of sp³-hybridized carbons (Fsp3) is 0.348. The van der Waals surface area contributed by atoms with E-state index in [1.807, 2.05) is 41.3 Å². The number of nitrogens with zero attached hydrogens (tertiary/aromatic N) is 4. The summed E-state index contributed by atoms with van der Waals surface area (Å²) in [4.78, 5) is 15.7. The van der Waals surface area contributed by atoms with Crippen molar-refractivity contribution in [2.45, 2.75) is 37.8 Å². The first-order chi connectivity index (χ1) is 15.5. The van der Waals surface area contributed by atoms with Crippen LogP contribution in [0.15, 0.2) is 50.8 Å². The zero-order chi connectivity index (χ0) is 22.3. The van der Waals surface area contributed by atoms with Gasteiger partial charge in [-0.1, -0.05) is 6.42 Å². The molecule has 1 saturated carbocycles. The van der Waals surface area contributed by atoms with Crippen LogP contribution in [0.3, 0.4) is 0 Å². The van der Waals surface area contributed by atoms with Crippen LogP contribution in [0, 0.1) is 0 Å². The van der Waals surface area contributed by atoms with Gasteiger partial charge in [-0.05, 0) is 62.1 Å². The van der Waals surface area contributed by atoms with Gasteiger partial charge in [-0.15, -0.1) is 0 Å². The van der Waals surface area contributed by atoms with Crippen LogP contribution in [-0.4, -0.2) is 36.8 Å². The fourth-order valence-electron chi connectivity index (χ4n) is 4.64.